The highest BCUT2D eigenvalue weighted by molar-refractivity contribution is 5.53. The first-order valence-corrected chi connectivity index (χ1v) is 5.64. The quantitative estimate of drug-likeness (QED) is 0.857. The van der Waals surface area contributed by atoms with Crippen molar-refractivity contribution in [3.63, 3.8) is 0 Å². The fraction of sp³-hybridized carbons (Fsp3) is 0.308. The Morgan fingerprint density at radius 3 is 2.59 bits per heavy atom. The number of aromatic nitrogens is 3. The number of nitrogen functional groups attached to an aromatic ring is 1. The number of nitrogens with two attached hydrogens (primary N) is 1. The van der Waals surface area contributed by atoms with Crippen molar-refractivity contribution in [1.82, 2.24) is 15.0 Å². The van der Waals surface area contributed by atoms with E-state index in [-0.39, 0.29) is 5.92 Å². The van der Waals surface area contributed by atoms with E-state index >= 15 is 0 Å². The van der Waals surface area contributed by atoms with Crippen LogP contribution in [0.25, 0.3) is 11.5 Å². The van der Waals surface area contributed by atoms with Gasteiger partial charge in [-0.3, -0.25) is 0 Å². The molecule has 0 amide bonds. The monoisotopic (exact) mass is 228 g/mol. The van der Waals surface area contributed by atoms with E-state index in [2.05, 4.69) is 28.8 Å². The lowest BCUT2D eigenvalue weighted by Crippen LogP contribution is -2.04. The van der Waals surface area contributed by atoms with Crippen molar-refractivity contribution in [3.8, 4) is 11.5 Å². The van der Waals surface area contributed by atoms with Gasteiger partial charge in [-0.2, -0.15) is 0 Å². The van der Waals surface area contributed by atoms with Crippen LogP contribution in [-0.4, -0.2) is 15.0 Å². The van der Waals surface area contributed by atoms with E-state index in [0.29, 0.717) is 11.5 Å². The predicted octanol–water partition coefficient (Wildman–Crippen LogP) is 2.55. The van der Waals surface area contributed by atoms with Crippen LogP contribution in [0.3, 0.4) is 0 Å². The van der Waals surface area contributed by atoms with Crippen molar-refractivity contribution >= 4 is 5.69 Å². The molecule has 2 aromatic heterocycles. The molecule has 2 heterocycles. The lowest BCUT2D eigenvalue weighted by atomic mass is 10.1. The molecule has 2 N–H and O–H groups in total. The van der Waals surface area contributed by atoms with Crippen LogP contribution in [0.5, 0.6) is 0 Å². The van der Waals surface area contributed by atoms with Gasteiger partial charge in [0.05, 0.1) is 17.6 Å². The molecule has 0 aliphatic rings. The summed E-state index contributed by atoms with van der Waals surface area (Å²) in [7, 11) is 0. The smallest absolute Gasteiger partial charge is 0.178 e. The molecule has 0 atom stereocenters. The largest absolute Gasteiger partial charge is 0.396 e. The van der Waals surface area contributed by atoms with Crippen LogP contribution in [-0.2, 0) is 0 Å². The van der Waals surface area contributed by atoms with Gasteiger partial charge in [0.1, 0.15) is 5.69 Å². The van der Waals surface area contributed by atoms with Crippen molar-refractivity contribution < 1.29 is 0 Å². The Kier molecular flexibility index (Phi) is 3.04. The highest BCUT2D eigenvalue weighted by atomic mass is 14.9. The van der Waals surface area contributed by atoms with Crippen LogP contribution in [0.15, 0.2) is 24.4 Å². The molecule has 0 radical (unpaired) electrons. The Hall–Kier alpha value is -1.97. The molecule has 4 nitrogen and oxygen atoms in total. The summed E-state index contributed by atoms with van der Waals surface area (Å²) >= 11 is 0. The number of hydrogen-bond donors (Lipinski definition) is 1. The summed E-state index contributed by atoms with van der Waals surface area (Å²) in [6, 6.07) is 5.80. The Labute approximate surface area is 101 Å². The van der Waals surface area contributed by atoms with Gasteiger partial charge in [-0.15, -0.1) is 0 Å². The van der Waals surface area contributed by atoms with Crippen molar-refractivity contribution in [2.45, 2.75) is 26.7 Å². The molecule has 0 fully saturated rings. The molecule has 88 valence electrons. The fourth-order valence-electron chi connectivity index (χ4n) is 1.66. The number of nitrogens with zero attached hydrogens (tertiary/aromatic N) is 3. The first kappa shape index (κ1) is 11.5. The van der Waals surface area contributed by atoms with Crippen molar-refractivity contribution in [3.05, 3.63) is 35.8 Å². The summed E-state index contributed by atoms with van der Waals surface area (Å²) in [5.41, 5.74) is 9.10. The zero-order valence-corrected chi connectivity index (χ0v) is 10.3. The number of anilines is 1. The van der Waals surface area contributed by atoms with Gasteiger partial charge in [0, 0.05) is 5.69 Å². The molecule has 0 bridgehead atoms. The summed E-state index contributed by atoms with van der Waals surface area (Å²) in [5, 5.41) is 0. The third kappa shape index (κ3) is 2.41. The van der Waals surface area contributed by atoms with E-state index in [0.717, 1.165) is 17.1 Å². The van der Waals surface area contributed by atoms with Crippen LogP contribution < -0.4 is 5.73 Å². The second-order valence-electron chi connectivity index (χ2n) is 4.35. The average Bonchev–Trinajstić information content (AvgIpc) is 2.29. The van der Waals surface area contributed by atoms with E-state index in [1.54, 1.807) is 6.20 Å². The maximum Gasteiger partial charge on any atom is 0.178 e. The Balaban J connectivity index is 2.50. The number of rotatable bonds is 2. The van der Waals surface area contributed by atoms with Crippen LogP contribution in [0.1, 0.15) is 31.2 Å². The second kappa shape index (κ2) is 4.49. The van der Waals surface area contributed by atoms with Crippen LogP contribution in [0.4, 0.5) is 5.69 Å². The zero-order valence-electron chi connectivity index (χ0n) is 10.3. The third-order valence-corrected chi connectivity index (χ3v) is 2.51. The van der Waals surface area contributed by atoms with Crippen LogP contribution in [0.2, 0.25) is 0 Å². The average molecular weight is 228 g/mol. The van der Waals surface area contributed by atoms with Crippen molar-refractivity contribution in [2.24, 2.45) is 0 Å². The standard InChI is InChI=1S/C13H16N4/c1-8(2)12-10(14)7-15-13(17-12)11-6-4-5-9(3)16-11/h4-8H,14H2,1-3H3. The SMILES string of the molecule is Cc1cccc(-c2ncc(N)c(C(C)C)n2)n1. The van der Waals surface area contributed by atoms with E-state index in [1.807, 2.05) is 25.1 Å². The number of pyridine rings is 1. The Morgan fingerprint density at radius 2 is 1.94 bits per heavy atom. The van der Waals surface area contributed by atoms with Gasteiger partial charge in [-0.05, 0) is 25.0 Å². The van der Waals surface area contributed by atoms with E-state index in [4.69, 9.17) is 5.73 Å². The van der Waals surface area contributed by atoms with Crippen molar-refractivity contribution in [1.29, 1.82) is 0 Å². The normalized spacial score (nSPS) is 10.8. The zero-order chi connectivity index (χ0) is 12.4. The highest BCUT2D eigenvalue weighted by Crippen LogP contribution is 2.21. The molecule has 2 rings (SSSR count). The van der Waals surface area contributed by atoms with E-state index in [9.17, 15) is 0 Å². The molecule has 2 aromatic rings. The van der Waals surface area contributed by atoms with Gasteiger partial charge in [0.25, 0.3) is 0 Å². The molecule has 0 spiro atoms. The van der Waals surface area contributed by atoms with Crippen molar-refractivity contribution in [2.75, 3.05) is 5.73 Å². The Morgan fingerprint density at radius 1 is 1.18 bits per heavy atom. The molecule has 4 heteroatoms. The molecular formula is C13H16N4. The first-order valence-electron chi connectivity index (χ1n) is 5.64. The summed E-state index contributed by atoms with van der Waals surface area (Å²) in [4.78, 5) is 13.1. The Bertz CT molecular complexity index is 535. The molecule has 0 saturated heterocycles. The lowest BCUT2D eigenvalue weighted by molar-refractivity contribution is 0.820. The lowest BCUT2D eigenvalue weighted by Gasteiger charge is -2.09. The maximum absolute atomic E-state index is 5.85. The minimum Gasteiger partial charge on any atom is -0.396 e. The summed E-state index contributed by atoms with van der Waals surface area (Å²) in [5.74, 6) is 0.910. The van der Waals surface area contributed by atoms with Crippen LogP contribution >= 0.6 is 0 Å². The molecule has 0 saturated carbocycles. The topological polar surface area (TPSA) is 64.7 Å². The number of aryl methyl sites for hydroxylation is 1. The fourth-order valence-corrected chi connectivity index (χ4v) is 1.66. The van der Waals surface area contributed by atoms with Gasteiger partial charge >= 0.3 is 0 Å². The molecule has 0 unspecified atom stereocenters. The molecule has 0 aliphatic carbocycles. The minimum absolute atomic E-state index is 0.279. The first-order chi connectivity index (χ1) is 8.08. The van der Waals surface area contributed by atoms with Crippen LogP contribution in [0, 0.1) is 6.92 Å². The molecule has 17 heavy (non-hydrogen) atoms. The van der Waals surface area contributed by atoms with Gasteiger partial charge in [-0.25, -0.2) is 15.0 Å². The third-order valence-electron chi connectivity index (χ3n) is 2.51. The molecular weight excluding hydrogens is 212 g/mol. The van der Waals surface area contributed by atoms with E-state index in [1.165, 1.54) is 0 Å². The highest BCUT2D eigenvalue weighted by Gasteiger charge is 2.10. The summed E-state index contributed by atoms with van der Waals surface area (Å²) in [6.45, 7) is 6.07. The van der Waals surface area contributed by atoms with E-state index < -0.39 is 0 Å². The van der Waals surface area contributed by atoms with Gasteiger partial charge < -0.3 is 5.73 Å². The molecule has 0 aromatic carbocycles. The predicted molar refractivity (Wildman–Crippen MR) is 68.5 cm³/mol. The molecule has 0 aliphatic heterocycles. The second-order valence-corrected chi connectivity index (χ2v) is 4.35. The van der Waals surface area contributed by atoms with Gasteiger partial charge in [0.2, 0.25) is 0 Å². The number of hydrogen-bond acceptors (Lipinski definition) is 4. The maximum atomic E-state index is 5.85. The van der Waals surface area contributed by atoms with Gasteiger partial charge in [0.15, 0.2) is 5.82 Å². The van der Waals surface area contributed by atoms with Gasteiger partial charge in [-0.1, -0.05) is 19.9 Å². The minimum atomic E-state index is 0.279. The summed E-state index contributed by atoms with van der Waals surface area (Å²) < 4.78 is 0. The summed E-state index contributed by atoms with van der Waals surface area (Å²) in [6.07, 6.45) is 1.65.